The monoisotopic (exact) mass is 370 g/mol. The van der Waals surface area contributed by atoms with Gasteiger partial charge in [0.1, 0.15) is 5.75 Å². The first-order valence-electron chi connectivity index (χ1n) is 8.38. The Balaban J connectivity index is 1.89. The normalized spacial score (nSPS) is 11.2. The Kier molecular flexibility index (Phi) is 6.93. The number of methoxy groups -OCH3 is 1. The highest BCUT2D eigenvalue weighted by molar-refractivity contribution is 5.97. The second-order valence-electron chi connectivity index (χ2n) is 5.87. The molecule has 0 aliphatic rings. The molecule has 0 fully saturated rings. The molecule has 0 aliphatic heterocycles. The molecule has 7 nitrogen and oxygen atoms in total. The summed E-state index contributed by atoms with van der Waals surface area (Å²) in [5, 5.41) is 5.35. The summed E-state index contributed by atoms with van der Waals surface area (Å²) >= 11 is 0. The standard InChI is InChI=1S/C20H22N2O5/c1-13(19(24)22-17-8-10-18(26-3)11-9-17)27-20(25)16-6-4-15(5-7-16)12-21-14(2)23/h4-11,13H,12H2,1-3H3,(H,21,23)(H,22,24). The van der Waals surface area contributed by atoms with Crippen molar-refractivity contribution < 1.29 is 23.9 Å². The van der Waals surface area contributed by atoms with Crippen molar-refractivity contribution in [1.29, 1.82) is 0 Å². The van der Waals surface area contributed by atoms with Gasteiger partial charge in [0.25, 0.3) is 5.91 Å². The number of ether oxygens (including phenoxy) is 2. The predicted octanol–water partition coefficient (Wildman–Crippen LogP) is 2.52. The van der Waals surface area contributed by atoms with Crippen LogP contribution in [-0.4, -0.2) is 31.0 Å². The van der Waals surface area contributed by atoms with Crippen molar-refractivity contribution in [2.24, 2.45) is 0 Å². The van der Waals surface area contributed by atoms with E-state index in [1.165, 1.54) is 13.8 Å². The highest BCUT2D eigenvalue weighted by Gasteiger charge is 2.19. The zero-order valence-electron chi connectivity index (χ0n) is 15.4. The van der Waals surface area contributed by atoms with Gasteiger partial charge in [-0.2, -0.15) is 0 Å². The van der Waals surface area contributed by atoms with E-state index < -0.39 is 18.0 Å². The molecule has 0 aliphatic carbocycles. The number of carbonyl (C=O) groups is 3. The third-order valence-electron chi connectivity index (χ3n) is 3.74. The van der Waals surface area contributed by atoms with E-state index in [0.717, 1.165) is 5.56 Å². The Morgan fingerprint density at radius 1 is 1.00 bits per heavy atom. The molecule has 2 aromatic rings. The van der Waals surface area contributed by atoms with Crippen molar-refractivity contribution in [3.8, 4) is 5.75 Å². The number of benzene rings is 2. The average Bonchev–Trinajstić information content (AvgIpc) is 2.67. The van der Waals surface area contributed by atoms with Crippen molar-refractivity contribution >= 4 is 23.5 Å². The fourth-order valence-electron chi connectivity index (χ4n) is 2.19. The quantitative estimate of drug-likeness (QED) is 0.731. The third-order valence-corrected chi connectivity index (χ3v) is 3.74. The van der Waals surface area contributed by atoms with E-state index >= 15 is 0 Å². The molecule has 2 N–H and O–H groups in total. The zero-order chi connectivity index (χ0) is 19.8. The van der Waals surface area contributed by atoms with E-state index in [4.69, 9.17) is 9.47 Å². The van der Waals surface area contributed by atoms with Gasteiger partial charge in [0.15, 0.2) is 6.10 Å². The van der Waals surface area contributed by atoms with Crippen molar-refractivity contribution in [3.05, 3.63) is 59.7 Å². The largest absolute Gasteiger partial charge is 0.497 e. The van der Waals surface area contributed by atoms with Crippen LogP contribution in [0.25, 0.3) is 0 Å². The molecule has 142 valence electrons. The topological polar surface area (TPSA) is 93.7 Å². The molecule has 7 heteroatoms. The number of anilines is 1. The highest BCUT2D eigenvalue weighted by atomic mass is 16.5. The summed E-state index contributed by atoms with van der Waals surface area (Å²) in [6.45, 7) is 3.32. The summed E-state index contributed by atoms with van der Waals surface area (Å²) in [5.41, 5.74) is 1.75. The molecule has 0 saturated carbocycles. The number of carbonyl (C=O) groups excluding carboxylic acids is 3. The second-order valence-corrected chi connectivity index (χ2v) is 5.87. The molecule has 0 spiro atoms. The highest BCUT2D eigenvalue weighted by Crippen LogP contribution is 2.15. The molecule has 2 rings (SSSR count). The Morgan fingerprint density at radius 3 is 2.19 bits per heavy atom. The van der Waals surface area contributed by atoms with Crippen LogP contribution in [0.5, 0.6) is 5.75 Å². The van der Waals surface area contributed by atoms with E-state index in [1.807, 2.05) is 0 Å². The minimum atomic E-state index is -0.960. The van der Waals surface area contributed by atoms with Gasteiger partial charge in [-0.05, 0) is 48.9 Å². The van der Waals surface area contributed by atoms with Crippen LogP contribution in [-0.2, 0) is 20.9 Å². The number of hydrogen-bond acceptors (Lipinski definition) is 5. The second kappa shape index (κ2) is 9.38. The number of nitrogens with one attached hydrogen (secondary N) is 2. The lowest BCUT2D eigenvalue weighted by Crippen LogP contribution is -2.30. The average molecular weight is 370 g/mol. The molecule has 2 aromatic carbocycles. The van der Waals surface area contributed by atoms with E-state index in [0.29, 0.717) is 23.5 Å². The molecule has 0 aromatic heterocycles. The van der Waals surface area contributed by atoms with Crippen LogP contribution in [0, 0.1) is 0 Å². The van der Waals surface area contributed by atoms with E-state index in [-0.39, 0.29) is 5.91 Å². The van der Waals surface area contributed by atoms with Crippen LogP contribution in [0.1, 0.15) is 29.8 Å². The summed E-state index contributed by atoms with van der Waals surface area (Å²) in [6.07, 6.45) is -0.960. The minimum Gasteiger partial charge on any atom is -0.497 e. The third kappa shape index (κ3) is 6.14. The van der Waals surface area contributed by atoms with E-state index in [1.54, 1.807) is 55.6 Å². The molecule has 0 saturated heterocycles. The molecule has 0 bridgehead atoms. The first-order valence-corrected chi connectivity index (χ1v) is 8.38. The number of rotatable bonds is 7. The molecule has 1 atom stereocenters. The van der Waals surface area contributed by atoms with Crippen LogP contribution < -0.4 is 15.4 Å². The van der Waals surface area contributed by atoms with Gasteiger partial charge in [0.2, 0.25) is 5.91 Å². The molecular weight excluding hydrogens is 348 g/mol. The van der Waals surface area contributed by atoms with Gasteiger partial charge >= 0.3 is 5.97 Å². The van der Waals surface area contributed by atoms with Crippen LogP contribution in [0.15, 0.2) is 48.5 Å². The van der Waals surface area contributed by atoms with Gasteiger partial charge in [-0.15, -0.1) is 0 Å². The minimum absolute atomic E-state index is 0.129. The van der Waals surface area contributed by atoms with Crippen LogP contribution in [0.4, 0.5) is 5.69 Å². The lowest BCUT2D eigenvalue weighted by Gasteiger charge is -2.14. The van der Waals surface area contributed by atoms with Gasteiger partial charge < -0.3 is 20.1 Å². The molecule has 0 radical (unpaired) electrons. The SMILES string of the molecule is COc1ccc(NC(=O)C(C)OC(=O)c2ccc(CNC(C)=O)cc2)cc1. The van der Waals surface area contributed by atoms with Crippen molar-refractivity contribution in [2.45, 2.75) is 26.5 Å². The maximum absolute atomic E-state index is 12.2. The maximum atomic E-state index is 12.2. The Labute approximate surface area is 157 Å². The number of amides is 2. The zero-order valence-corrected chi connectivity index (χ0v) is 15.4. The van der Waals surface area contributed by atoms with Crippen LogP contribution in [0.2, 0.25) is 0 Å². The van der Waals surface area contributed by atoms with Gasteiger partial charge in [0, 0.05) is 19.2 Å². The molecule has 0 heterocycles. The summed E-state index contributed by atoms with van der Waals surface area (Å²) < 4.78 is 10.3. The molecule has 1 unspecified atom stereocenters. The summed E-state index contributed by atoms with van der Waals surface area (Å²) in [4.78, 5) is 35.3. The first kappa shape index (κ1) is 20.0. The lowest BCUT2D eigenvalue weighted by atomic mass is 10.1. The molecule has 27 heavy (non-hydrogen) atoms. The van der Waals surface area contributed by atoms with Gasteiger partial charge in [-0.25, -0.2) is 4.79 Å². The predicted molar refractivity (Wildman–Crippen MR) is 100 cm³/mol. The van der Waals surface area contributed by atoms with Crippen LogP contribution in [0.3, 0.4) is 0 Å². The summed E-state index contributed by atoms with van der Waals surface area (Å²) in [5.74, 6) is -0.487. The molecular formula is C20H22N2O5. The fraction of sp³-hybridized carbons (Fsp3) is 0.250. The number of esters is 1. The Bertz CT molecular complexity index is 800. The molecule has 2 amide bonds. The summed E-state index contributed by atoms with van der Waals surface area (Å²) in [7, 11) is 1.56. The summed E-state index contributed by atoms with van der Waals surface area (Å²) in [6, 6.07) is 13.4. The fourth-order valence-corrected chi connectivity index (χ4v) is 2.19. The van der Waals surface area contributed by atoms with Gasteiger partial charge in [0.05, 0.1) is 12.7 Å². The van der Waals surface area contributed by atoms with Crippen molar-refractivity contribution in [1.82, 2.24) is 5.32 Å². The van der Waals surface area contributed by atoms with Crippen molar-refractivity contribution in [2.75, 3.05) is 12.4 Å². The van der Waals surface area contributed by atoms with Gasteiger partial charge in [-0.3, -0.25) is 9.59 Å². The van der Waals surface area contributed by atoms with E-state index in [2.05, 4.69) is 10.6 Å². The van der Waals surface area contributed by atoms with E-state index in [9.17, 15) is 14.4 Å². The number of hydrogen-bond donors (Lipinski definition) is 2. The maximum Gasteiger partial charge on any atom is 0.338 e. The van der Waals surface area contributed by atoms with Crippen molar-refractivity contribution in [3.63, 3.8) is 0 Å². The first-order chi connectivity index (χ1) is 12.9. The smallest absolute Gasteiger partial charge is 0.338 e. The Hall–Kier alpha value is -3.35. The Morgan fingerprint density at radius 2 is 1.63 bits per heavy atom. The van der Waals surface area contributed by atoms with Gasteiger partial charge in [-0.1, -0.05) is 12.1 Å². The van der Waals surface area contributed by atoms with Crippen LogP contribution >= 0.6 is 0 Å². The lowest BCUT2D eigenvalue weighted by molar-refractivity contribution is -0.123.